The minimum atomic E-state index is 0.760. The average Bonchev–Trinajstić information content (AvgIpc) is 3.62. The third-order valence-electron chi connectivity index (χ3n) is 4.68. The molecule has 0 atom stereocenters. The van der Waals surface area contributed by atoms with Gasteiger partial charge in [0.05, 0.1) is 0 Å². The van der Waals surface area contributed by atoms with Crippen LogP contribution in [0.1, 0.15) is 0 Å². The van der Waals surface area contributed by atoms with Gasteiger partial charge in [-0.2, -0.15) is 8.75 Å². The van der Waals surface area contributed by atoms with Crippen LogP contribution in [0.3, 0.4) is 0 Å². The van der Waals surface area contributed by atoms with Crippen molar-refractivity contribution in [3.8, 4) is 44.2 Å². The van der Waals surface area contributed by atoms with Gasteiger partial charge in [-0.05, 0) is 47.3 Å². The number of benzene rings is 2. The number of aromatic nitrogens is 6. The summed E-state index contributed by atoms with van der Waals surface area (Å²) < 4.78 is 8.71. The van der Waals surface area contributed by atoms with E-state index in [1.54, 1.807) is 12.4 Å². The highest BCUT2D eigenvalue weighted by molar-refractivity contribution is 7.09. The van der Waals surface area contributed by atoms with Crippen LogP contribution in [0, 0.1) is 0 Å². The standard InChI is InChI=1S/2C13H9N3S/c2*1-2-6-10(7-3-1)12-15-13(17-16-12)11-8-4-5-9-14-11/h2*1-9H. The molecule has 4 heterocycles. The van der Waals surface area contributed by atoms with Crippen molar-refractivity contribution < 1.29 is 0 Å². The molecule has 0 aliphatic heterocycles. The molecule has 34 heavy (non-hydrogen) atoms. The van der Waals surface area contributed by atoms with E-state index in [4.69, 9.17) is 0 Å². The molecule has 0 aliphatic carbocycles. The van der Waals surface area contributed by atoms with Crippen molar-refractivity contribution in [1.29, 1.82) is 0 Å². The van der Waals surface area contributed by atoms with Gasteiger partial charge in [0, 0.05) is 23.5 Å². The van der Waals surface area contributed by atoms with Crippen molar-refractivity contribution in [2.24, 2.45) is 0 Å². The molecule has 0 saturated carbocycles. The second-order valence-corrected chi connectivity index (χ2v) is 8.51. The molecule has 0 fully saturated rings. The van der Waals surface area contributed by atoms with Gasteiger partial charge in [0.1, 0.15) is 11.4 Å². The normalized spacial score (nSPS) is 10.4. The Morgan fingerprint density at radius 3 is 1.24 bits per heavy atom. The monoisotopic (exact) mass is 478 g/mol. The van der Waals surface area contributed by atoms with Gasteiger partial charge in [-0.15, -0.1) is 0 Å². The summed E-state index contributed by atoms with van der Waals surface area (Å²) in [5, 5.41) is 1.70. The molecule has 0 unspecified atom stereocenters. The summed E-state index contributed by atoms with van der Waals surface area (Å²) >= 11 is 2.75. The second kappa shape index (κ2) is 10.7. The Labute approximate surface area is 205 Å². The zero-order valence-corrected chi connectivity index (χ0v) is 19.5. The molecule has 0 aliphatic rings. The fourth-order valence-corrected chi connectivity index (χ4v) is 4.36. The third kappa shape index (κ3) is 5.25. The number of hydrogen-bond donors (Lipinski definition) is 0. The van der Waals surface area contributed by atoms with Crippen molar-refractivity contribution in [2.45, 2.75) is 0 Å². The Morgan fingerprint density at radius 2 is 0.853 bits per heavy atom. The lowest BCUT2D eigenvalue weighted by molar-refractivity contribution is 1.27. The summed E-state index contributed by atoms with van der Waals surface area (Å²) in [4.78, 5) is 17.5. The summed E-state index contributed by atoms with van der Waals surface area (Å²) in [6.07, 6.45) is 3.53. The third-order valence-corrected chi connectivity index (χ3v) is 6.16. The fourth-order valence-electron chi connectivity index (χ4n) is 3.04. The van der Waals surface area contributed by atoms with Gasteiger partial charge in [-0.3, -0.25) is 9.97 Å². The molecule has 6 aromatic rings. The highest BCUT2D eigenvalue weighted by atomic mass is 32.1. The predicted octanol–water partition coefficient (Wildman–Crippen LogP) is 6.53. The first-order valence-corrected chi connectivity index (χ1v) is 12.0. The van der Waals surface area contributed by atoms with Crippen LogP contribution >= 0.6 is 23.1 Å². The minimum Gasteiger partial charge on any atom is -0.254 e. The van der Waals surface area contributed by atoms with Crippen molar-refractivity contribution in [2.75, 3.05) is 0 Å². The lowest BCUT2D eigenvalue weighted by atomic mass is 10.2. The van der Waals surface area contributed by atoms with Gasteiger partial charge in [-0.25, -0.2) is 9.97 Å². The van der Waals surface area contributed by atoms with E-state index >= 15 is 0 Å². The maximum absolute atomic E-state index is 4.50. The zero-order chi connectivity index (χ0) is 23.0. The van der Waals surface area contributed by atoms with Gasteiger partial charge in [-0.1, -0.05) is 72.8 Å². The van der Waals surface area contributed by atoms with E-state index in [9.17, 15) is 0 Å². The molecule has 164 valence electrons. The van der Waals surface area contributed by atoms with Crippen molar-refractivity contribution in [3.05, 3.63) is 109 Å². The minimum absolute atomic E-state index is 0.760. The number of nitrogens with zero attached hydrogens (tertiary/aromatic N) is 6. The molecule has 0 bridgehead atoms. The Kier molecular flexibility index (Phi) is 6.80. The van der Waals surface area contributed by atoms with E-state index in [1.165, 1.54) is 23.1 Å². The average molecular weight is 479 g/mol. The Bertz CT molecular complexity index is 1210. The SMILES string of the molecule is c1ccc(-c2nsc(-c3ccccn3)n2)cc1.c1ccc(-c2nsc(-c3ccccn3)n2)cc1. The van der Waals surface area contributed by atoms with E-state index in [-0.39, 0.29) is 0 Å². The van der Waals surface area contributed by atoms with Crippen molar-refractivity contribution in [1.82, 2.24) is 28.7 Å². The van der Waals surface area contributed by atoms with E-state index in [0.29, 0.717) is 0 Å². The number of rotatable bonds is 4. The first-order chi connectivity index (χ1) is 16.9. The predicted molar refractivity (Wildman–Crippen MR) is 137 cm³/mol. The van der Waals surface area contributed by atoms with Crippen LogP contribution in [0.15, 0.2) is 109 Å². The molecule has 0 amide bonds. The van der Waals surface area contributed by atoms with Crippen molar-refractivity contribution in [3.63, 3.8) is 0 Å². The molecular weight excluding hydrogens is 460 g/mol. The number of hydrogen-bond acceptors (Lipinski definition) is 8. The molecule has 0 spiro atoms. The zero-order valence-electron chi connectivity index (χ0n) is 17.9. The Balaban J connectivity index is 0.000000142. The molecular formula is C26H18N6S2. The maximum Gasteiger partial charge on any atom is 0.173 e. The topological polar surface area (TPSA) is 77.3 Å². The summed E-state index contributed by atoms with van der Waals surface area (Å²) in [5.74, 6) is 1.52. The van der Waals surface area contributed by atoms with E-state index in [2.05, 4.69) is 28.7 Å². The second-order valence-electron chi connectivity index (χ2n) is 7.01. The summed E-state index contributed by atoms with van der Waals surface area (Å²) in [7, 11) is 0. The molecule has 4 aromatic heterocycles. The number of pyridine rings is 2. The Morgan fingerprint density at radius 1 is 0.441 bits per heavy atom. The van der Waals surface area contributed by atoms with Crippen LogP contribution in [0.4, 0.5) is 0 Å². The van der Waals surface area contributed by atoms with E-state index < -0.39 is 0 Å². The van der Waals surface area contributed by atoms with Gasteiger partial charge in [0.2, 0.25) is 0 Å². The van der Waals surface area contributed by atoms with Gasteiger partial charge < -0.3 is 0 Å². The van der Waals surface area contributed by atoms with Gasteiger partial charge in [0.25, 0.3) is 0 Å². The summed E-state index contributed by atoms with van der Waals surface area (Å²) in [5.41, 5.74) is 3.80. The van der Waals surface area contributed by atoms with Crippen LogP contribution in [-0.2, 0) is 0 Å². The molecule has 2 aromatic carbocycles. The van der Waals surface area contributed by atoms with Crippen LogP contribution in [0.5, 0.6) is 0 Å². The summed E-state index contributed by atoms with van der Waals surface area (Å²) in [6.45, 7) is 0. The molecule has 0 N–H and O–H groups in total. The van der Waals surface area contributed by atoms with E-state index in [0.717, 1.165) is 44.2 Å². The lowest BCUT2D eigenvalue weighted by Crippen LogP contribution is -1.82. The maximum atomic E-state index is 4.50. The van der Waals surface area contributed by atoms with Gasteiger partial charge in [0.15, 0.2) is 21.7 Å². The van der Waals surface area contributed by atoms with Crippen molar-refractivity contribution >= 4 is 23.1 Å². The molecule has 0 saturated heterocycles. The van der Waals surface area contributed by atoms with Crippen LogP contribution in [0.25, 0.3) is 44.2 Å². The highest BCUT2D eigenvalue weighted by Crippen LogP contribution is 2.25. The first-order valence-electron chi connectivity index (χ1n) is 10.5. The largest absolute Gasteiger partial charge is 0.254 e. The summed E-state index contributed by atoms with van der Waals surface area (Å²) in [6, 6.07) is 31.5. The molecule has 8 heteroatoms. The highest BCUT2D eigenvalue weighted by Gasteiger charge is 2.09. The smallest absolute Gasteiger partial charge is 0.173 e. The first kappa shape index (κ1) is 21.7. The Hall–Kier alpha value is -4.14. The van der Waals surface area contributed by atoms with Gasteiger partial charge >= 0.3 is 0 Å². The molecule has 0 radical (unpaired) electrons. The molecule has 6 rings (SSSR count). The van der Waals surface area contributed by atoms with E-state index in [1.807, 2.05) is 97.1 Å². The quantitative estimate of drug-likeness (QED) is 0.286. The molecule has 6 nitrogen and oxygen atoms in total. The fraction of sp³-hybridized carbons (Fsp3) is 0. The van der Waals surface area contributed by atoms with Crippen LogP contribution in [-0.4, -0.2) is 28.7 Å². The van der Waals surface area contributed by atoms with Crippen LogP contribution in [0.2, 0.25) is 0 Å². The lowest BCUT2D eigenvalue weighted by Gasteiger charge is -1.93. The van der Waals surface area contributed by atoms with Crippen LogP contribution < -0.4 is 0 Å².